The second-order valence-corrected chi connectivity index (χ2v) is 4.14. The van der Waals surface area contributed by atoms with Crippen LogP contribution in [0.5, 0.6) is 0 Å². The van der Waals surface area contributed by atoms with Gasteiger partial charge in [-0.3, -0.25) is 4.79 Å². The van der Waals surface area contributed by atoms with Crippen molar-refractivity contribution in [2.75, 3.05) is 22.7 Å². The zero-order valence-corrected chi connectivity index (χ0v) is 9.27. The maximum atomic E-state index is 11.3. The lowest BCUT2D eigenvalue weighted by atomic mass is 10.3. The van der Waals surface area contributed by atoms with E-state index < -0.39 is 0 Å². The number of hydrogen-bond donors (Lipinski definition) is 1. The van der Waals surface area contributed by atoms with Crippen LogP contribution in [-0.2, 0) is 4.79 Å². The molecule has 0 heterocycles. The summed E-state index contributed by atoms with van der Waals surface area (Å²) in [5.74, 6) is 1.88. The van der Waals surface area contributed by atoms with Gasteiger partial charge in [0.1, 0.15) is 0 Å². The molecule has 0 radical (unpaired) electrons. The molecule has 0 unspecified atom stereocenters. The molecule has 0 atom stereocenters. The highest BCUT2D eigenvalue weighted by Crippen LogP contribution is 2.07. The molecule has 0 saturated carbocycles. The molecular weight excluding hydrogens is 218 g/mol. The fourth-order valence-electron chi connectivity index (χ4n) is 0.938. The Kier molecular flexibility index (Phi) is 5.49. The van der Waals surface area contributed by atoms with Gasteiger partial charge in [0.05, 0.1) is 5.75 Å². The number of benzene rings is 1. The number of carbonyl (C=O) groups excluding carboxylic acids is 1. The zero-order valence-electron chi connectivity index (χ0n) is 7.70. The lowest BCUT2D eigenvalue weighted by molar-refractivity contribution is -0.113. The Balaban J connectivity index is 2.27. The normalized spacial score (nSPS) is 9.79. The van der Waals surface area contributed by atoms with Crippen molar-refractivity contribution in [1.29, 1.82) is 0 Å². The van der Waals surface area contributed by atoms with Gasteiger partial charge >= 0.3 is 0 Å². The van der Waals surface area contributed by atoms with Gasteiger partial charge in [-0.2, -0.15) is 11.8 Å². The molecule has 0 saturated heterocycles. The smallest absolute Gasteiger partial charge is 0.234 e. The van der Waals surface area contributed by atoms with Crippen molar-refractivity contribution in [2.45, 2.75) is 0 Å². The van der Waals surface area contributed by atoms with Crippen LogP contribution in [0.3, 0.4) is 0 Å². The van der Waals surface area contributed by atoms with E-state index in [1.54, 1.807) is 0 Å². The quantitative estimate of drug-likeness (QED) is 0.621. The van der Waals surface area contributed by atoms with Gasteiger partial charge in [-0.1, -0.05) is 18.2 Å². The molecule has 0 aliphatic heterocycles. The van der Waals surface area contributed by atoms with Gasteiger partial charge in [-0.25, -0.2) is 0 Å². The number of thioether (sulfide) groups is 1. The van der Waals surface area contributed by atoms with Gasteiger partial charge in [-0.15, -0.1) is 11.6 Å². The summed E-state index contributed by atoms with van der Waals surface area (Å²) in [4.78, 5) is 11.3. The van der Waals surface area contributed by atoms with Gasteiger partial charge in [-0.05, 0) is 12.1 Å². The minimum atomic E-state index is 0.0197. The summed E-state index contributed by atoms with van der Waals surface area (Å²) in [7, 11) is 0. The molecule has 0 aliphatic rings. The Morgan fingerprint density at radius 1 is 1.36 bits per heavy atom. The molecule has 1 rings (SSSR count). The predicted molar refractivity (Wildman–Crippen MR) is 63.1 cm³/mol. The Labute approximate surface area is 93.0 Å². The highest BCUT2D eigenvalue weighted by molar-refractivity contribution is 8.00. The maximum Gasteiger partial charge on any atom is 0.234 e. The first-order valence-electron chi connectivity index (χ1n) is 4.31. The highest BCUT2D eigenvalue weighted by atomic mass is 35.5. The minimum absolute atomic E-state index is 0.0197. The van der Waals surface area contributed by atoms with Crippen LogP contribution in [0.1, 0.15) is 0 Å². The summed E-state index contributed by atoms with van der Waals surface area (Å²) < 4.78 is 0. The predicted octanol–water partition coefficient (Wildman–Crippen LogP) is 2.60. The van der Waals surface area contributed by atoms with Gasteiger partial charge in [0.25, 0.3) is 0 Å². The number of nitrogens with one attached hydrogen (secondary N) is 1. The lowest BCUT2D eigenvalue weighted by Gasteiger charge is -2.03. The number of carbonyl (C=O) groups is 1. The Hall–Kier alpha value is -0.670. The maximum absolute atomic E-state index is 11.3. The van der Waals surface area contributed by atoms with Crippen LogP contribution in [0, 0.1) is 0 Å². The first kappa shape index (κ1) is 11.4. The molecule has 0 aromatic heterocycles. The number of anilines is 1. The molecule has 0 bridgehead atoms. The monoisotopic (exact) mass is 229 g/mol. The second-order valence-electron chi connectivity index (χ2n) is 2.66. The van der Waals surface area contributed by atoms with Gasteiger partial charge in [0.2, 0.25) is 5.91 Å². The molecule has 2 nitrogen and oxygen atoms in total. The summed E-state index contributed by atoms with van der Waals surface area (Å²) in [6.07, 6.45) is 0. The molecule has 0 spiro atoms. The molecule has 0 aliphatic carbocycles. The molecule has 14 heavy (non-hydrogen) atoms. The van der Waals surface area contributed by atoms with Crippen LogP contribution in [0.15, 0.2) is 30.3 Å². The number of hydrogen-bond acceptors (Lipinski definition) is 2. The Morgan fingerprint density at radius 2 is 2.07 bits per heavy atom. The van der Waals surface area contributed by atoms with Crippen molar-refractivity contribution >= 4 is 35.0 Å². The van der Waals surface area contributed by atoms with E-state index in [1.165, 1.54) is 11.8 Å². The largest absolute Gasteiger partial charge is 0.325 e. The first-order chi connectivity index (χ1) is 6.83. The number of rotatable bonds is 5. The van der Waals surface area contributed by atoms with E-state index in [0.717, 1.165) is 11.4 Å². The Bertz CT molecular complexity index is 279. The van der Waals surface area contributed by atoms with E-state index in [9.17, 15) is 4.79 Å². The second kappa shape index (κ2) is 6.74. The van der Waals surface area contributed by atoms with E-state index in [4.69, 9.17) is 11.6 Å². The van der Waals surface area contributed by atoms with Crippen LogP contribution in [-0.4, -0.2) is 23.3 Å². The standard InChI is InChI=1S/C10H12ClNOS/c11-6-7-14-8-10(13)12-9-4-2-1-3-5-9/h1-5H,6-8H2,(H,12,13). The van der Waals surface area contributed by atoms with Crippen LogP contribution >= 0.6 is 23.4 Å². The summed E-state index contributed by atoms with van der Waals surface area (Å²) in [6, 6.07) is 9.43. The van der Waals surface area contributed by atoms with E-state index in [2.05, 4.69) is 5.32 Å². The van der Waals surface area contributed by atoms with Gasteiger partial charge < -0.3 is 5.32 Å². The fraction of sp³-hybridized carbons (Fsp3) is 0.300. The van der Waals surface area contributed by atoms with Crippen LogP contribution in [0.4, 0.5) is 5.69 Å². The summed E-state index contributed by atoms with van der Waals surface area (Å²) in [5.41, 5.74) is 0.837. The third-order valence-corrected chi connectivity index (χ3v) is 2.88. The molecular formula is C10H12ClNOS. The van der Waals surface area contributed by atoms with E-state index in [1.807, 2.05) is 30.3 Å². The van der Waals surface area contributed by atoms with Crippen molar-refractivity contribution in [1.82, 2.24) is 0 Å². The zero-order chi connectivity index (χ0) is 10.2. The summed E-state index contributed by atoms with van der Waals surface area (Å²) in [5, 5.41) is 2.80. The molecule has 4 heteroatoms. The van der Waals surface area contributed by atoms with Crippen molar-refractivity contribution in [3.8, 4) is 0 Å². The summed E-state index contributed by atoms with van der Waals surface area (Å²) in [6.45, 7) is 0. The lowest BCUT2D eigenvalue weighted by Crippen LogP contribution is -2.14. The number of amides is 1. The number of para-hydroxylation sites is 1. The molecule has 1 N–H and O–H groups in total. The number of halogens is 1. The summed E-state index contributed by atoms with van der Waals surface area (Å²) >= 11 is 7.03. The molecule has 76 valence electrons. The highest BCUT2D eigenvalue weighted by Gasteiger charge is 2.00. The van der Waals surface area contributed by atoms with E-state index >= 15 is 0 Å². The van der Waals surface area contributed by atoms with E-state index in [-0.39, 0.29) is 5.91 Å². The first-order valence-corrected chi connectivity index (χ1v) is 6.00. The molecule has 0 fully saturated rings. The van der Waals surface area contributed by atoms with Crippen molar-refractivity contribution in [3.05, 3.63) is 30.3 Å². The fourth-order valence-corrected chi connectivity index (χ4v) is 1.78. The number of alkyl halides is 1. The SMILES string of the molecule is O=C(CSCCCl)Nc1ccccc1. The van der Waals surface area contributed by atoms with Gasteiger partial charge in [0.15, 0.2) is 0 Å². The Morgan fingerprint density at radius 3 is 2.71 bits per heavy atom. The average molecular weight is 230 g/mol. The van der Waals surface area contributed by atoms with Crippen molar-refractivity contribution < 1.29 is 4.79 Å². The molecule has 1 amide bonds. The van der Waals surface area contributed by atoms with Crippen molar-refractivity contribution in [2.24, 2.45) is 0 Å². The van der Waals surface area contributed by atoms with Gasteiger partial charge in [0, 0.05) is 17.3 Å². The van der Waals surface area contributed by atoms with Crippen LogP contribution < -0.4 is 5.32 Å². The third kappa shape index (κ3) is 4.53. The van der Waals surface area contributed by atoms with Crippen molar-refractivity contribution in [3.63, 3.8) is 0 Å². The average Bonchev–Trinajstić information content (AvgIpc) is 2.20. The van der Waals surface area contributed by atoms with Crippen LogP contribution in [0.2, 0.25) is 0 Å². The topological polar surface area (TPSA) is 29.1 Å². The van der Waals surface area contributed by atoms with Crippen LogP contribution in [0.25, 0.3) is 0 Å². The van der Waals surface area contributed by atoms with E-state index in [0.29, 0.717) is 11.6 Å². The minimum Gasteiger partial charge on any atom is -0.325 e. The third-order valence-electron chi connectivity index (χ3n) is 1.51. The molecule has 1 aromatic carbocycles. The molecule has 1 aromatic rings.